The Morgan fingerprint density at radius 3 is 2.73 bits per heavy atom. The Labute approximate surface area is 168 Å². The normalized spacial score (nSPS) is 11.7. The first-order valence-corrected chi connectivity index (χ1v) is 11.7. The van der Waals surface area contributed by atoms with E-state index in [4.69, 9.17) is 23.2 Å². The molecular formula is C16H12Cl2N2O3S3. The Bertz CT molecular complexity index is 1100. The van der Waals surface area contributed by atoms with Gasteiger partial charge in [0.05, 0.1) is 31.6 Å². The first kappa shape index (κ1) is 19.4. The molecule has 1 heterocycles. The summed E-state index contributed by atoms with van der Waals surface area (Å²) in [6.07, 6.45) is 1.09. The molecule has 0 radical (unpaired) electrons. The van der Waals surface area contributed by atoms with Crippen molar-refractivity contribution in [3.05, 3.63) is 46.4 Å². The SMILES string of the molecule is CS(=O)(=O)c1ccc(Cl)c(NC(=O)CSc2nc3cc(Cl)ccc3s2)c1. The fourth-order valence-electron chi connectivity index (χ4n) is 2.09. The van der Waals surface area contributed by atoms with Gasteiger partial charge < -0.3 is 5.32 Å². The molecule has 3 aromatic rings. The molecule has 0 aliphatic carbocycles. The molecule has 1 aromatic heterocycles. The van der Waals surface area contributed by atoms with Gasteiger partial charge in [0.1, 0.15) is 0 Å². The number of hydrogen-bond donors (Lipinski definition) is 1. The van der Waals surface area contributed by atoms with Crippen molar-refractivity contribution in [2.75, 3.05) is 17.3 Å². The van der Waals surface area contributed by atoms with Crippen molar-refractivity contribution in [2.45, 2.75) is 9.24 Å². The molecule has 0 aliphatic rings. The van der Waals surface area contributed by atoms with E-state index in [1.165, 1.54) is 41.3 Å². The summed E-state index contributed by atoms with van der Waals surface area (Å²) in [5.41, 5.74) is 1.05. The van der Waals surface area contributed by atoms with Crippen LogP contribution in [0.2, 0.25) is 10.0 Å². The maximum atomic E-state index is 12.2. The topological polar surface area (TPSA) is 76.1 Å². The Balaban J connectivity index is 1.69. The van der Waals surface area contributed by atoms with Crippen LogP contribution in [-0.4, -0.2) is 31.3 Å². The first-order chi connectivity index (χ1) is 12.2. The third-order valence-electron chi connectivity index (χ3n) is 3.30. The van der Waals surface area contributed by atoms with Crippen LogP contribution in [0.5, 0.6) is 0 Å². The van der Waals surface area contributed by atoms with Crippen molar-refractivity contribution in [2.24, 2.45) is 0 Å². The summed E-state index contributed by atoms with van der Waals surface area (Å²) in [4.78, 5) is 16.7. The van der Waals surface area contributed by atoms with Gasteiger partial charge in [-0.2, -0.15) is 0 Å². The highest BCUT2D eigenvalue weighted by molar-refractivity contribution is 8.01. The lowest BCUT2D eigenvalue weighted by Gasteiger charge is -2.08. The van der Waals surface area contributed by atoms with Gasteiger partial charge in [-0.25, -0.2) is 13.4 Å². The number of anilines is 1. The van der Waals surface area contributed by atoms with Gasteiger partial charge in [-0.3, -0.25) is 4.79 Å². The monoisotopic (exact) mass is 446 g/mol. The summed E-state index contributed by atoms with van der Waals surface area (Å²) in [5, 5.41) is 3.51. The lowest BCUT2D eigenvalue weighted by atomic mass is 10.3. The van der Waals surface area contributed by atoms with Gasteiger partial charge in [-0.05, 0) is 36.4 Å². The minimum absolute atomic E-state index is 0.0907. The van der Waals surface area contributed by atoms with Crippen LogP contribution < -0.4 is 5.32 Å². The quantitative estimate of drug-likeness (QED) is 0.572. The van der Waals surface area contributed by atoms with Gasteiger partial charge in [0.15, 0.2) is 14.2 Å². The van der Waals surface area contributed by atoms with Gasteiger partial charge in [-0.15, -0.1) is 11.3 Å². The minimum Gasteiger partial charge on any atom is -0.324 e. The van der Waals surface area contributed by atoms with Crippen molar-refractivity contribution in [1.29, 1.82) is 0 Å². The molecule has 0 saturated heterocycles. The number of thiazole rings is 1. The Hall–Kier alpha value is -1.32. The summed E-state index contributed by atoms with van der Waals surface area (Å²) in [7, 11) is -3.39. The van der Waals surface area contributed by atoms with Crippen molar-refractivity contribution < 1.29 is 13.2 Å². The smallest absolute Gasteiger partial charge is 0.234 e. The average Bonchev–Trinajstić information content (AvgIpc) is 2.96. The largest absolute Gasteiger partial charge is 0.324 e. The molecule has 0 fully saturated rings. The molecule has 136 valence electrons. The number of aromatic nitrogens is 1. The molecule has 1 amide bonds. The van der Waals surface area contributed by atoms with E-state index in [1.54, 1.807) is 12.1 Å². The zero-order chi connectivity index (χ0) is 18.9. The molecule has 0 bridgehead atoms. The fraction of sp³-hybridized carbons (Fsp3) is 0.125. The molecule has 0 atom stereocenters. The fourth-order valence-corrected chi connectivity index (χ4v) is 4.91. The number of hydrogen-bond acceptors (Lipinski definition) is 6. The summed E-state index contributed by atoms with van der Waals surface area (Å²) >= 11 is 14.7. The number of amides is 1. The second-order valence-corrected chi connectivity index (χ2v) is 10.5. The van der Waals surface area contributed by atoms with Crippen molar-refractivity contribution in [3.8, 4) is 0 Å². The van der Waals surface area contributed by atoms with E-state index in [0.29, 0.717) is 5.02 Å². The number of thioether (sulfide) groups is 1. The van der Waals surface area contributed by atoms with Crippen LogP contribution in [0.25, 0.3) is 10.2 Å². The van der Waals surface area contributed by atoms with Crippen LogP contribution in [0.3, 0.4) is 0 Å². The van der Waals surface area contributed by atoms with E-state index in [0.717, 1.165) is 20.8 Å². The van der Waals surface area contributed by atoms with Crippen molar-refractivity contribution >= 4 is 77.9 Å². The van der Waals surface area contributed by atoms with E-state index in [1.807, 2.05) is 6.07 Å². The molecular weight excluding hydrogens is 435 g/mol. The highest BCUT2D eigenvalue weighted by atomic mass is 35.5. The van der Waals surface area contributed by atoms with Crippen LogP contribution in [0.15, 0.2) is 45.6 Å². The molecule has 0 saturated carbocycles. The van der Waals surface area contributed by atoms with E-state index in [2.05, 4.69) is 10.3 Å². The second-order valence-electron chi connectivity index (χ2n) is 5.34. The molecule has 26 heavy (non-hydrogen) atoms. The number of benzene rings is 2. The molecule has 2 aromatic carbocycles. The lowest BCUT2D eigenvalue weighted by Crippen LogP contribution is -2.14. The third kappa shape index (κ3) is 4.69. The Morgan fingerprint density at radius 1 is 1.23 bits per heavy atom. The van der Waals surface area contributed by atoms with Crippen LogP contribution in [0.4, 0.5) is 5.69 Å². The molecule has 1 N–H and O–H groups in total. The van der Waals surface area contributed by atoms with Gasteiger partial charge in [-0.1, -0.05) is 35.0 Å². The molecule has 10 heteroatoms. The number of sulfone groups is 1. The molecule has 0 spiro atoms. The summed E-state index contributed by atoms with van der Waals surface area (Å²) in [6.45, 7) is 0. The first-order valence-electron chi connectivity index (χ1n) is 7.21. The van der Waals surface area contributed by atoms with Crippen LogP contribution >= 0.6 is 46.3 Å². The Morgan fingerprint density at radius 2 is 2.00 bits per heavy atom. The standard InChI is InChI=1S/C16H12Cl2N2O3S3/c1-26(22,23)10-3-4-11(18)12(7-10)19-15(21)8-24-16-20-13-6-9(17)2-5-14(13)25-16/h2-7H,8H2,1H3,(H,19,21). The summed E-state index contributed by atoms with van der Waals surface area (Å²) < 4.78 is 25.0. The van der Waals surface area contributed by atoms with Gasteiger partial charge >= 0.3 is 0 Å². The second kappa shape index (κ2) is 7.74. The minimum atomic E-state index is -3.39. The molecule has 0 aliphatic heterocycles. The summed E-state index contributed by atoms with van der Waals surface area (Å²) in [5.74, 6) is -0.188. The van der Waals surface area contributed by atoms with E-state index in [9.17, 15) is 13.2 Å². The third-order valence-corrected chi connectivity index (χ3v) is 7.15. The maximum Gasteiger partial charge on any atom is 0.234 e. The van der Waals surface area contributed by atoms with Crippen LogP contribution in [0.1, 0.15) is 0 Å². The van der Waals surface area contributed by atoms with Crippen LogP contribution in [0, 0.1) is 0 Å². The number of carbonyl (C=O) groups excluding carboxylic acids is 1. The zero-order valence-corrected chi connectivity index (χ0v) is 17.3. The average molecular weight is 447 g/mol. The highest BCUT2D eigenvalue weighted by Gasteiger charge is 2.13. The molecule has 0 unspecified atom stereocenters. The molecule has 3 rings (SSSR count). The van der Waals surface area contributed by atoms with Crippen molar-refractivity contribution in [3.63, 3.8) is 0 Å². The van der Waals surface area contributed by atoms with Gasteiger partial charge in [0.25, 0.3) is 0 Å². The van der Waals surface area contributed by atoms with E-state index < -0.39 is 9.84 Å². The van der Waals surface area contributed by atoms with Crippen LogP contribution in [-0.2, 0) is 14.6 Å². The number of nitrogens with zero attached hydrogens (tertiary/aromatic N) is 1. The van der Waals surface area contributed by atoms with Gasteiger partial charge in [0, 0.05) is 11.3 Å². The van der Waals surface area contributed by atoms with E-state index >= 15 is 0 Å². The number of rotatable bonds is 5. The zero-order valence-electron chi connectivity index (χ0n) is 13.3. The number of fused-ring (bicyclic) bond motifs is 1. The van der Waals surface area contributed by atoms with Crippen molar-refractivity contribution in [1.82, 2.24) is 4.98 Å². The number of nitrogens with one attached hydrogen (secondary N) is 1. The molecule has 5 nitrogen and oxygen atoms in total. The maximum absolute atomic E-state index is 12.2. The Kier molecular flexibility index (Phi) is 5.78. The predicted octanol–water partition coefficient (Wildman–Crippen LogP) is 4.74. The number of halogens is 2. The number of carbonyl (C=O) groups is 1. The lowest BCUT2D eigenvalue weighted by molar-refractivity contribution is -0.113. The van der Waals surface area contributed by atoms with E-state index in [-0.39, 0.29) is 27.3 Å². The predicted molar refractivity (Wildman–Crippen MR) is 109 cm³/mol. The highest BCUT2D eigenvalue weighted by Crippen LogP contribution is 2.31. The van der Waals surface area contributed by atoms with Gasteiger partial charge in [0.2, 0.25) is 5.91 Å². The summed E-state index contributed by atoms with van der Waals surface area (Å²) in [6, 6.07) is 9.64.